The number of nitrogens with zero attached hydrogens (tertiary/aromatic N) is 1. The summed E-state index contributed by atoms with van der Waals surface area (Å²) in [5.74, 6) is 0.782. The molecule has 17 heavy (non-hydrogen) atoms. The molecule has 2 atom stereocenters. The lowest BCUT2D eigenvalue weighted by Crippen LogP contribution is -2.47. The molecule has 2 heterocycles. The first-order valence-corrected chi connectivity index (χ1v) is 8.57. The minimum atomic E-state index is -2.77. The van der Waals surface area contributed by atoms with Gasteiger partial charge in [0.2, 0.25) is 0 Å². The third kappa shape index (κ3) is 3.93. The third-order valence-electron chi connectivity index (χ3n) is 3.92. The van der Waals surface area contributed by atoms with E-state index in [1.807, 2.05) is 0 Å². The summed E-state index contributed by atoms with van der Waals surface area (Å²) in [5, 5.41) is 3.48. The maximum absolute atomic E-state index is 11.7. The van der Waals surface area contributed by atoms with Crippen molar-refractivity contribution in [1.82, 2.24) is 10.2 Å². The van der Waals surface area contributed by atoms with Gasteiger partial charge in [-0.15, -0.1) is 0 Å². The van der Waals surface area contributed by atoms with Gasteiger partial charge in [-0.3, -0.25) is 4.90 Å². The average Bonchev–Trinajstić information content (AvgIpc) is 2.22. The van der Waals surface area contributed by atoms with Crippen LogP contribution in [0, 0.1) is 0 Å². The van der Waals surface area contributed by atoms with Crippen molar-refractivity contribution in [2.45, 2.75) is 44.7 Å². The van der Waals surface area contributed by atoms with Crippen LogP contribution in [0.25, 0.3) is 0 Å². The van der Waals surface area contributed by atoms with Crippen molar-refractivity contribution in [3.05, 3.63) is 0 Å². The molecule has 0 spiro atoms. The van der Waals surface area contributed by atoms with Crippen LogP contribution in [0.3, 0.4) is 0 Å². The Hall–Kier alpha value is -0.130. The largest absolute Gasteiger partial charge is 0.314 e. The van der Waals surface area contributed by atoms with E-state index in [2.05, 4.69) is 17.1 Å². The summed E-state index contributed by atoms with van der Waals surface area (Å²) in [6.45, 7) is 5.34. The normalized spacial score (nSPS) is 36.1. The quantitative estimate of drug-likeness (QED) is 0.751. The van der Waals surface area contributed by atoms with E-state index < -0.39 is 9.84 Å². The lowest BCUT2D eigenvalue weighted by atomic mass is 10.1. The van der Waals surface area contributed by atoms with Gasteiger partial charge in [0.15, 0.2) is 9.84 Å². The van der Waals surface area contributed by atoms with Crippen molar-refractivity contribution in [3.8, 4) is 0 Å². The van der Waals surface area contributed by atoms with Gasteiger partial charge in [0.05, 0.1) is 11.5 Å². The second-order valence-corrected chi connectivity index (χ2v) is 7.67. The molecular formula is C12H24N2O2S. The lowest BCUT2D eigenvalue weighted by molar-refractivity contribution is 0.174. The first kappa shape index (κ1) is 13.3. The molecule has 0 aliphatic carbocycles. The zero-order valence-electron chi connectivity index (χ0n) is 10.7. The molecule has 0 aromatic carbocycles. The Morgan fingerprint density at radius 3 is 2.76 bits per heavy atom. The average molecular weight is 260 g/mol. The molecule has 2 rings (SSSR count). The van der Waals surface area contributed by atoms with E-state index in [1.54, 1.807) is 0 Å². The monoisotopic (exact) mass is 260 g/mol. The Balaban J connectivity index is 1.95. The van der Waals surface area contributed by atoms with Gasteiger partial charge >= 0.3 is 0 Å². The standard InChI is InChI=1S/C12H24N2O2S/c1-11-5-8-14(7-3-6-13-11)12-4-2-9-17(15,16)10-12/h11-13H,2-10H2,1H3. The summed E-state index contributed by atoms with van der Waals surface area (Å²) < 4.78 is 23.4. The van der Waals surface area contributed by atoms with Gasteiger partial charge in [-0.05, 0) is 52.2 Å². The van der Waals surface area contributed by atoms with Gasteiger partial charge in [-0.25, -0.2) is 8.42 Å². The molecule has 0 saturated carbocycles. The zero-order chi connectivity index (χ0) is 12.3. The van der Waals surface area contributed by atoms with Crippen LogP contribution in [0.15, 0.2) is 0 Å². The molecule has 2 unspecified atom stereocenters. The molecule has 0 bridgehead atoms. The Morgan fingerprint density at radius 2 is 2.00 bits per heavy atom. The van der Waals surface area contributed by atoms with Crippen molar-refractivity contribution in [2.24, 2.45) is 0 Å². The summed E-state index contributed by atoms with van der Waals surface area (Å²) in [7, 11) is -2.77. The fourth-order valence-electron chi connectivity index (χ4n) is 2.86. The molecule has 2 aliphatic heterocycles. The molecule has 2 saturated heterocycles. The molecule has 0 aromatic rings. The van der Waals surface area contributed by atoms with Crippen molar-refractivity contribution in [2.75, 3.05) is 31.1 Å². The Bertz CT molecular complexity index is 342. The van der Waals surface area contributed by atoms with Crippen LogP contribution < -0.4 is 5.32 Å². The first-order chi connectivity index (χ1) is 8.07. The van der Waals surface area contributed by atoms with Crippen LogP contribution in [-0.4, -0.2) is 56.5 Å². The molecule has 4 nitrogen and oxygen atoms in total. The van der Waals surface area contributed by atoms with E-state index in [4.69, 9.17) is 0 Å². The summed E-state index contributed by atoms with van der Waals surface area (Å²) in [5.41, 5.74) is 0. The summed E-state index contributed by atoms with van der Waals surface area (Å²) in [6.07, 6.45) is 4.15. The fraction of sp³-hybridized carbons (Fsp3) is 1.00. The molecule has 2 fully saturated rings. The van der Waals surface area contributed by atoms with Gasteiger partial charge in [-0.1, -0.05) is 0 Å². The van der Waals surface area contributed by atoms with Crippen LogP contribution in [0.1, 0.15) is 32.6 Å². The van der Waals surface area contributed by atoms with Crippen molar-refractivity contribution in [1.29, 1.82) is 0 Å². The highest BCUT2D eigenvalue weighted by Crippen LogP contribution is 2.19. The minimum Gasteiger partial charge on any atom is -0.314 e. The fourth-order valence-corrected chi connectivity index (χ4v) is 4.59. The number of hydrogen-bond donors (Lipinski definition) is 1. The van der Waals surface area contributed by atoms with Crippen molar-refractivity contribution >= 4 is 9.84 Å². The van der Waals surface area contributed by atoms with Gasteiger partial charge in [0.25, 0.3) is 0 Å². The second kappa shape index (κ2) is 5.67. The van der Waals surface area contributed by atoms with Gasteiger partial charge in [-0.2, -0.15) is 0 Å². The SMILES string of the molecule is CC1CCN(C2CCCS(=O)(=O)C2)CCCN1. The Morgan fingerprint density at radius 1 is 1.18 bits per heavy atom. The second-order valence-electron chi connectivity index (χ2n) is 5.44. The highest BCUT2D eigenvalue weighted by molar-refractivity contribution is 7.91. The number of hydrogen-bond acceptors (Lipinski definition) is 4. The summed E-state index contributed by atoms with van der Waals surface area (Å²) in [4.78, 5) is 2.41. The van der Waals surface area contributed by atoms with E-state index >= 15 is 0 Å². The molecule has 1 N–H and O–H groups in total. The number of rotatable bonds is 1. The molecule has 2 aliphatic rings. The van der Waals surface area contributed by atoms with Crippen LogP contribution in [0.4, 0.5) is 0 Å². The summed E-state index contributed by atoms with van der Waals surface area (Å²) in [6, 6.07) is 0.831. The Kier molecular flexibility index (Phi) is 4.44. The maximum Gasteiger partial charge on any atom is 0.151 e. The topological polar surface area (TPSA) is 49.4 Å². The van der Waals surface area contributed by atoms with E-state index in [1.165, 1.54) is 0 Å². The van der Waals surface area contributed by atoms with Crippen molar-refractivity contribution < 1.29 is 8.42 Å². The smallest absolute Gasteiger partial charge is 0.151 e. The lowest BCUT2D eigenvalue weighted by Gasteiger charge is -2.36. The van der Waals surface area contributed by atoms with Crippen LogP contribution in [0.5, 0.6) is 0 Å². The molecule has 100 valence electrons. The van der Waals surface area contributed by atoms with Gasteiger partial charge in [0.1, 0.15) is 0 Å². The highest BCUT2D eigenvalue weighted by Gasteiger charge is 2.29. The molecule has 0 amide bonds. The molecular weight excluding hydrogens is 236 g/mol. The van der Waals surface area contributed by atoms with Crippen molar-refractivity contribution in [3.63, 3.8) is 0 Å². The predicted molar refractivity (Wildman–Crippen MR) is 69.9 cm³/mol. The first-order valence-electron chi connectivity index (χ1n) is 6.75. The van der Waals surface area contributed by atoms with E-state index in [9.17, 15) is 8.42 Å². The molecule has 0 radical (unpaired) electrons. The third-order valence-corrected chi connectivity index (χ3v) is 5.72. The highest BCUT2D eigenvalue weighted by atomic mass is 32.2. The number of nitrogens with one attached hydrogen (secondary N) is 1. The molecule has 0 aromatic heterocycles. The van der Waals surface area contributed by atoms with Crippen LogP contribution in [0.2, 0.25) is 0 Å². The zero-order valence-corrected chi connectivity index (χ0v) is 11.5. The number of sulfone groups is 1. The van der Waals surface area contributed by atoms with E-state index in [0.29, 0.717) is 17.5 Å². The Labute approximate surface area is 105 Å². The van der Waals surface area contributed by atoms with E-state index in [0.717, 1.165) is 45.3 Å². The summed E-state index contributed by atoms with van der Waals surface area (Å²) >= 11 is 0. The predicted octanol–water partition coefficient (Wildman–Crippen LogP) is 0.638. The van der Waals surface area contributed by atoms with Crippen LogP contribution in [-0.2, 0) is 9.84 Å². The van der Waals surface area contributed by atoms with Gasteiger partial charge < -0.3 is 5.32 Å². The van der Waals surface area contributed by atoms with Gasteiger partial charge in [0, 0.05) is 12.1 Å². The maximum atomic E-state index is 11.7. The molecule has 5 heteroatoms. The van der Waals surface area contributed by atoms with Crippen LogP contribution >= 0.6 is 0 Å². The minimum absolute atomic E-state index is 0.277. The van der Waals surface area contributed by atoms with E-state index in [-0.39, 0.29) is 6.04 Å².